The predicted molar refractivity (Wildman–Crippen MR) is 221 cm³/mol. The highest BCUT2D eigenvalue weighted by molar-refractivity contribution is 6.05. The third-order valence-electron chi connectivity index (χ3n) is 11.7. The van der Waals surface area contributed by atoms with Crippen LogP contribution in [0.15, 0.2) is 164 Å². The second kappa shape index (κ2) is 13.1. The number of hydrogen-bond donors (Lipinski definition) is 0. The SMILES string of the molecule is N#Cc1ccc2c(c1)C1(CCCCC1)c1cc(-c3cccc4c(-c5ccc(-c6cc(-c7ccccc7)nc(-c7ccccc7)n6)cc5)cccc34)ccc1-2. The first-order chi connectivity index (χ1) is 26.7. The van der Waals surface area contributed by atoms with E-state index in [1.54, 1.807) is 0 Å². The largest absolute Gasteiger partial charge is 0.228 e. The molecule has 0 N–H and O–H groups in total. The van der Waals surface area contributed by atoms with Gasteiger partial charge in [0.1, 0.15) is 0 Å². The smallest absolute Gasteiger partial charge is 0.160 e. The van der Waals surface area contributed by atoms with E-state index in [2.05, 4.69) is 127 Å². The minimum absolute atomic E-state index is 0.0172. The zero-order valence-corrected chi connectivity index (χ0v) is 30.0. The van der Waals surface area contributed by atoms with Gasteiger partial charge in [-0.3, -0.25) is 0 Å². The lowest BCUT2D eigenvalue weighted by atomic mass is 9.67. The second-order valence-corrected chi connectivity index (χ2v) is 14.8. The summed E-state index contributed by atoms with van der Waals surface area (Å²) < 4.78 is 0. The molecule has 1 aromatic heterocycles. The molecule has 54 heavy (non-hydrogen) atoms. The van der Waals surface area contributed by atoms with Crippen molar-refractivity contribution >= 4 is 10.8 Å². The van der Waals surface area contributed by atoms with Gasteiger partial charge in [0.15, 0.2) is 5.82 Å². The molecule has 0 bridgehead atoms. The predicted octanol–water partition coefficient (Wildman–Crippen LogP) is 13.1. The summed E-state index contributed by atoms with van der Waals surface area (Å²) in [6.45, 7) is 0. The molecule has 0 atom stereocenters. The van der Waals surface area contributed by atoms with Crippen LogP contribution in [-0.2, 0) is 5.41 Å². The Labute approximate surface area is 316 Å². The van der Waals surface area contributed by atoms with Gasteiger partial charge in [0, 0.05) is 22.1 Å². The third kappa shape index (κ3) is 5.34. The highest BCUT2D eigenvalue weighted by Gasteiger charge is 2.44. The maximum atomic E-state index is 9.78. The van der Waals surface area contributed by atoms with Crippen LogP contribution in [-0.4, -0.2) is 9.97 Å². The molecule has 1 fully saturated rings. The highest BCUT2D eigenvalue weighted by atomic mass is 14.9. The molecular weight excluding hydrogens is 655 g/mol. The van der Waals surface area contributed by atoms with E-state index in [1.165, 1.54) is 74.5 Å². The topological polar surface area (TPSA) is 49.6 Å². The number of rotatable bonds is 5. The van der Waals surface area contributed by atoms with Gasteiger partial charge in [0.2, 0.25) is 0 Å². The van der Waals surface area contributed by atoms with Crippen LogP contribution in [0.3, 0.4) is 0 Å². The maximum absolute atomic E-state index is 9.78. The van der Waals surface area contributed by atoms with Crippen molar-refractivity contribution in [3.63, 3.8) is 0 Å². The van der Waals surface area contributed by atoms with Gasteiger partial charge >= 0.3 is 0 Å². The first-order valence-corrected chi connectivity index (χ1v) is 19.0. The van der Waals surface area contributed by atoms with Crippen molar-refractivity contribution < 1.29 is 0 Å². The standard InChI is InChI=1S/C51H37N3/c52-33-34-20-26-44-45-27-25-39(31-47(45)51(46(44)30-34)28-8-3-9-29-51)41-17-11-18-42-40(16-10-19-43(41)42)35-21-23-37(24-22-35)49-32-48(36-12-4-1-5-13-36)53-50(54-49)38-14-6-2-7-15-38/h1-2,4-7,10-27,30-32H,3,8-9,28-29H2. The molecular formula is C51H37N3. The van der Waals surface area contributed by atoms with Crippen LogP contribution in [0.5, 0.6) is 0 Å². The van der Waals surface area contributed by atoms with Crippen molar-refractivity contribution in [2.24, 2.45) is 0 Å². The molecule has 2 aliphatic carbocycles. The summed E-state index contributed by atoms with van der Waals surface area (Å²) in [5.74, 6) is 0.717. The first-order valence-electron chi connectivity index (χ1n) is 19.0. The van der Waals surface area contributed by atoms with Gasteiger partial charge in [-0.05, 0) is 92.4 Å². The van der Waals surface area contributed by atoms with Crippen LogP contribution >= 0.6 is 0 Å². The molecule has 0 amide bonds. The number of aromatic nitrogens is 2. The van der Waals surface area contributed by atoms with E-state index in [1.807, 2.05) is 42.5 Å². The zero-order chi connectivity index (χ0) is 36.1. The summed E-state index contributed by atoms with van der Waals surface area (Å²) in [7, 11) is 0. The Morgan fingerprint density at radius 2 is 0.963 bits per heavy atom. The van der Waals surface area contributed by atoms with E-state index in [9.17, 15) is 5.26 Å². The van der Waals surface area contributed by atoms with Crippen molar-refractivity contribution in [2.75, 3.05) is 0 Å². The Balaban J connectivity index is 1.04. The van der Waals surface area contributed by atoms with Crippen LogP contribution in [0, 0.1) is 11.3 Å². The Bertz CT molecular complexity index is 2680. The fraction of sp³-hybridized carbons (Fsp3) is 0.118. The van der Waals surface area contributed by atoms with Gasteiger partial charge in [0.05, 0.1) is 23.0 Å². The van der Waals surface area contributed by atoms with E-state index >= 15 is 0 Å². The molecule has 0 saturated heterocycles. The lowest BCUT2D eigenvalue weighted by Gasteiger charge is -2.36. The van der Waals surface area contributed by atoms with Crippen LogP contribution in [0.4, 0.5) is 0 Å². The van der Waals surface area contributed by atoms with Gasteiger partial charge in [0.25, 0.3) is 0 Å². The van der Waals surface area contributed by atoms with E-state index in [0.717, 1.165) is 52.3 Å². The van der Waals surface area contributed by atoms with Crippen molar-refractivity contribution in [2.45, 2.75) is 37.5 Å². The lowest BCUT2D eigenvalue weighted by Crippen LogP contribution is -2.28. The molecule has 10 rings (SSSR count). The van der Waals surface area contributed by atoms with Crippen molar-refractivity contribution in [1.82, 2.24) is 9.97 Å². The Morgan fingerprint density at radius 3 is 1.61 bits per heavy atom. The lowest BCUT2D eigenvalue weighted by molar-refractivity contribution is 0.353. The van der Waals surface area contributed by atoms with E-state index in [-0.39, 0.29) is 5.41 Å². The molecule has 0 unspecified atom stereocenters. The molecule has 1 heterocycles. The molecule has 7 aromatic carbocycles. The molecule has 0 aliphatic heterocycles. The summed E-state index contributed by atoms with van der Waals surface area (Å²) in [4.78, 5) is 10.0. The molecule has 8 aromatic rings. The molecule has 256 valence electrons. The van der Waals surface area contributed by atoms with Crippen LogP contribution in [0.2, 0.25) is 0 Å². The Kier molecular flexibility index (Phi) is 7.77. The van der Waals surface area contributed by atoms with E-state index in [4.69, 9.17) is 9.97 Å². The second-order valence-electron chi connectivity index (χ2n) is 14.8. The Hall–Kier alpha value is -6.63. The van der Waals surface area contributed by atoms with E-state index < -0.39 is 0 Å². The van der Waals surface area contributed by atoms with Crippen molar-refractivity contribution in [3.8, 4) is 73.4 Å². The van der Waals surface area contributed by atoms with Crippen LogP contribution in [0.1, 0.15) is 48.8 Å². The molecule has 0 radical (unpaired) electrons. The monoisotopic (exact) mass is 691 g/mol. The number of fused-ring (bicyclic) bond motifs is 6. The Morgan fingerprint density at radius 1 is 0.426 bits per heavy atom. The fourth-order valence-electron chi connectivity index (χ4n) is 9.13. The molecule has 1 saturated carbocycles. The number of nitrogens with zero attached hydrogens (tertiary/aromatic N) is 3. The fourth-order valence-corrected chi connectivity index (χ4v) is 9.13. The van der Waals surface area contributed by atoms with E-state index in [0.29, 0.717) is 0 Å². The van der Waals surface area contributed by atoms with Crippen molar-refractivity contribution in [3.05, 3.63) is 180 Å². The normalized spacial score (nSPS) is 14.1. The average Bonchev–Trinajstić information content (AvgIpc) is 3.51. The quantitative estimate of drug-likeness (QED) is 0.180. The number of nitriles is 1. The van der Waals surface area contributed by atoms with Crippen LogP contribution in [0.25, 0.3) is 78.1 Å². The molecule has 3 heteroatoms. The number of hydrogen-bond acceptors (Lipinski definition) is 3. The summed E-state index contributed by atoms with van der Waals surface area (Å²) in [6.07, 6.45) is 5.99. The van der Waals surface area contributed by atoms with Gasteiger partial charge in [-0.25, -0.2) is 9.97 Å². The average molecular weight is 692 g/mol. The van der Waals surface area contributed by atoms with Gasteiger partial charge in [-0.1, -0.05) is 159 Å². The number of benzene rings is 7. The summed E-state index contributed by atoms with van der Waals surface area (Å²) in [6, 6.07) is 60.7. The molecule has 2 aliphatic rings. The van der Waals surface area contributed by atoms with Crippen molar-refractivity contribution in [1.29, 1.82) is 5.26 Å². The molecule has 3 nitrogen and oxygen atoms in total. The van der Waals surface area contributed by atoms with Gasteiger partial charge in [-0.15, -0.1) is 0 Å². The minimum atomic E-state index is -0.0172. The maximum Gasteiger partial charge on any atom is 0.160 e. The molecule has 1 spiro atoms. The van der Waals surface area contributed by atoms with Crippen LogP contribution < -0.4 is 0 Å². The zero-order valence-electron chi connectivity index (χ0n) is 30.0. The first kappa shape index (κ1) is 32.1. The summed E-state index contributed by atoms with van der Waals surface area (Å²) >= 11 is 0. The minimum Gasteiger partial charge on any atom is -0.228 e. The van der Waals surface area contributed by atoms with Gasteiger partial charge in [-0.2, -0.15) is 5.26 Å². The van der Waals surface area contributed by atoms with Gasteiger partial charge < -0.3 is 0 Å². The summed E-state index contributed by atoms with van der Waals surface area (Å²) in [5, 5.41) is 12.3. The third-order valence-corrected chi connectivity index (χ3v) is 11.7. The summed E-state index contributed by atoms with van der Waals surface area (Å²) in [5.41, 5.74) is 15.9. The highest BCUT2D eigenvalue weighted by Crippen LogP contribution is 2.56.